The summed E-state index contributed by atoms with van der Waals surface area (Å²) in [6, 6.07) is 9.83. The number of fused-ring (bicyclic) bond motifs is 1. The standard InChI is InChI=1S/C20H20FN3O2/c1-26-16-9-8-15(17-18(16)24-19(23-17)13-4-5-13)20(25)22-11-10-12-2-6-14(21)7-3-12/h2-3,6-9,13H,4-5,10-11H2,1H3,(H,22,25)(H,23,24). The summed E-state index contributed by atoms with van der Waals surface area (Å²) in [5.74, 6) is 1.62. The lowest BCUT2D eigenvalue weighted by atomic mass is 10.1. The van der Waals surface area contributed by atoms with E-state index in [0.717, 1.165) is 24.2 Å². The summed E-state index contributed by atoms with van der Waals surface area (Å²) in [5.41, 5.74) is 2.94. The van der Waals surface area contributed by atoms with Gasteiger partial charge in [0.2, 0.25) is 0 Å². The van der Waals surface area contributed by atoms with E-state index < -0.39 is 0 Å². The third-order valence-electron chi connectivity index (χ3n) is 4.67. The molecule has 0 radical (unpaired) electrons. The maximum atomic E-state index is 12.9. The summed E-state index contributed by atoms with van der Waals surface area (Å²) in [6.07, 6.45) is 2.89. The van der Waals surface area contributed by atoms with Crippen LogP contribution in [0.5, 0.6) is 5.75 Å². The van der Waals surface area contributed by atoms with Gasteiger partial charge in [-0.3, -0.25) is 4.79 Å². The van der Waals surface area contributed by atoms with E-state index in [-0.39, 0.29) is 11.7 Å². The molecule has 0 aliphatic heterocycles. The lowest BCUT2D eigenvalue weighted by molar-refractivity contribution is 0.0955. The molecule has 0 bridgehead atoms. The highest BCUT2D eigenvalue weighted by Crippen LogP contribution is 2.40. The Morgan fingerprint density at radius 1 is 1.27 bits per heavy atom. The van der Waals surface area contributed by atoms with E-state index in [9.17, 15) is 9.18 Å². The van der Waals surface area contributed by atoms with Gasteiger partial charge < -0.3 is 15.0 Å². The first-order chi connectivity index (χ1) is 12.7. The van der Waals surface area contributed by atoms with E-state index in [0.29, 0.717) is 41.2 Å². The molecular formula is C20H20FN3O2. The maximum Gasteiger partial charge on any atom is 0.253 e. The van der Waals surface area contributed by atoms with Crippen LogP contribution in [0.4, 0.5) is 4.39 Å². The number of carbonyl (C=O) groups is 1. The molecule has 1 saturated carbocycles. The van der Waals surface area contributed by atoms with Gasteiger partial charge in [-0.2, -0.15) is 0 Å². The average Bonchev–Trinajstić information content (AvgIpc) is 3.41. The molecule has 0 saturated heterocycles. The first kappa shape index (κ1) is 16.6. The number of methoxy groups -OCH3 is 1. The molecule has 2 aromatic carbocycles. The molecule has 1 aliphatic rings. The number of aromatic nitrogens is 2. The molecule has 2 N–H and O–H groups in total. The summed E-state index contributed by atoms with van der Waals surface area (Å²) in [5, 5.41) is 2.92. The molecular weight excluding hydrogens is 333 g/mol. The van der Waals surface area contributed by atoms with Crippen LogP contribution in [0.1, 0.15) is 40.5 Å². The third-order valence-corrected chi connectivity index (χ3v) is 4.67. The fraction of sp³-hybridized carbons (Fsp3) is 0.300. The van der Waals surface area contributed by atoms with E-state index >= 15 is 0 Å². The number of halogens is 1. The second-order valence-electron chi connectivity index (χ2n) is 6.57. The van der Waals surface area contributed by atoms with Crippen LogP contribution < -0.4 is 10.1 Å². The molecule has 5 nitrogen and oxygen atoms in total. The molecule has 0 atom stereocenters. The van der Waals surface area contributed by atoms with Crippen molar-refractivity contribution in [3.63, 3.8) is 0 Å². The summed E-state index contributed by atoms with van der Waals surface area (Å²) >= 11 is 0. The summed E-state index contributed by atoms with van der Waals surface area (Å²) in [4.78, 5) is 20.6. The number of H-pyrrole nitrogens is 1. The summed E-state index contributed by atoms with van der Waals surface area (Å²) in [6.45, 7) is 0.474. The molecule has 26 heavy (non-hydrogen) atoms. The largest absolute Gasteiger partial charge is 0.494 e. The number of benzene rings is 2. The van der Waals surface area contributed by atoms with E-state index in [1.807, 2.05) is 0 Å². The van der Waals surface area contributed by atoms with Crippen LogP contribution in [0, 0.1) is 5.82 Å². The van der Waals surface area contributed by atoms with Crippen molar-refractivity contribution in [3.05, 3.63) is 59.2 Å². The topological polar surface area (TPSA) is 67.0 Å². The number of nitrogens with zero attached hydrogens (tertiary/aromatic N) is 1. The zero-order chi connectivity index (χ0) is 18.1. The van der Waals surface area contributed by atoms with Gasteiger partial charge in [-0.15, -0.1) is 0 Å². The number of nitrogens with one attached hydrogen (secondary N) is 2. The van der Waals surface area contributed by atoms with Crippen LogP contribution in [0.3, 0.4) is 0 Å². The van der Waals surface area contributed by atoms with Gasteiger partial charge in [0.25, 0.3) is 5.91 Å². The second kappa shape index (κ2) is 6.78. The minimum atomic E-state index is -0.260. The van der Waals surface area contributed by atoms with Gasteiger partial charge in [-0.1, -0.05) is 12.1 Å². The number of carbonyl (C=O) groups excluding carboxylic acids is 1. The van der Waals surface area contributed by atoms with Crippen molar-refractivity contribution in [3.8, 4) is 5.75 Å². The van der Waals surface area contributed by atoms with E-state index in [4.69, 9.17) is 4.74 Å². The zero-order valence-electron chi connectivity index (χ0n) is 14.5. The van der Waals surface area contributed by atoms with Gasteiger partial charge in [0.15, 0.2) is 0 Å². The van der Waals surface area contributed by atoms with Crippen LogP contribution in [0.2, 0.25) is 0 Å². The van der Waals surface area contributed by atoms with Gasteiger partial charge in [0.05, 0.1) is 18.2 Å². The first-order valence-electron chi connectivity index (χ1n) is 8.75. The van der Waals surface area contributed by atoms with Crippen LogP contribution >= 0.6 is 0 Å². The monoisotopic (exact) mass is 353 g/mol. The predicted molar refractivity (Wildman–Crippen MR) is 97.1 cm³/mol. The molecule has 0 unspecified atom stereocenters. The van der Waals surface area contributed by atoms with Crippen molar-refractivity contribution in [2.75, 3.05) is 13.7 Å². The van der Waals surface area contributed by atoms with Crippen molar-refractivity contribution in [2.45, 2.75) is 25.2 Å². The number of rotatable bonds is 6. The van der Waals surface area contributed by atoms with Crippen molar-refractivity contribution in [2.24, 2.45) is 0 Å². The van der Waals surface area contributed by atoms with Crippen LogP contribution in [-0.4, -0.2) is 29.5 Å². The van der Waals surface area contributed by atoms with Gasteiger partial charge in [-0.05, 0) is 49.1 Å². The minimum absolute atomic E-state index is 0.161. The van der Waals surface area contributed by atoms with Crippen LogP contribution in [0.25, 0.3) is 11.0 Å². The molecule has 1 amide bonds. The Kier molecular flexibility index (Phi) is 4.32. The molecule has 1 aromatic heterocycles. The molecule has 3 aromatic rings. The predicted octanol–water partition coefficient (Wildman–Crippen LogP) is 3.56. The number of hydrogen-bond donors (Lipinski definition) is 2. The minimum Gasteiger partial charge on any atom is -0.494 e. The smallest absolute Gasteiger partial charge is 0.253 e. The highest BCUT2D eigenvalue weighted by atomic mass is 19.1. The normalized spacial score (nSPS) is 13.8. The Hall–Kier alpha value is -2.89. The third kappa shape index (κ3) is 3.27. The molecule has 134 valence electrons. The van der Waals surface area contributed by atoms with Crippen molar-refractivity contribution in [1.29, 1.82) is 0 Å². The highest BCUT2D eigenvalue weighted by Gasteiger charge is 2.28. The van der Waals surface area contributed by atoms with Crippen molar-refractivity contribution < 1.29 is 13.9 Å². The van der Waals surface area contributed by atoms with Crippen LogP contribution in [-0.2, 0) is 6.42 Å². The molecule has 1 aliphatic carbocycles. The average molecular weight is 353 g/mol. The Balaban J connectivity index is 1.51. The molecule has 0 spiro atoms. The Labute approximate surface area is 150 Å². The van der Waals surface area contributed by atoms with Crippen molar-refractivity contribution in [1.82, 2.24) is 15.3 Å². The fourth-order valence-corrected chi connectivity index (χ4v) is 3.06. The highest BCUT2D eigenvalue weighted by molar-refractivity contribution is 6.06. The van der Waals surface area contributed by atoms with Crippen molar-refractivity contribution >= 4 is 16.9 Å². The number of ether oxygens (including phenoxy) is 1. The quantitative estimate of drug-likeness (QED) is 0.712. The maximum absolute atomic E-state index is 12.9. The van der Waals surface area contributed by atoms with Gasteiger partial charge in [0.1, 0.15) is 22.9 Å². The first-order valence-corrected chi connectivity index (χ1v) is 8.75. The van der Waals surface area contributed by atoms with Gasteiger partial charge in [-0.25, -0.2) is 9.37 Å². The number of hydrogen-bond acceptors (Lipinski definition) is 3. The Bertz CT molecular complexity index is 946. The lowest BCUT2D eigenvalue weighted by Gasteiger charge is -2.08. The Morgan fingerprint density at radius 3 is 2.73 bits per heavy atom. The molecule has 1 fully saturated rings. The SMILES string of the molecule is COc1ccc(C(=O)NCCc2ccc(F)cc2)c2[nH]c(C3CC3)nc12. The van der Waals surface area contributed by atoms with Crippen LogP contribution in [0.15, 0.2) is 36.4 Å². The fourth-order valence-electron chi connectivity index (χ4n) is 3.06. The van der Waals surface area contributed by atoms with Gasteiger partial charge in [0, 0.05) is 12.5 Å². The second-order valence-corrected chi connectivity index (χ2v) is 6.57. The molecule has 6 heteroatoms. The van der Waals surface area contributed by atoms with E-state index in [2.05, 4.69) is 15.3 Å². The lowest BCUT2D eigenvalue weighted by Crippen LogP contribution is -2.26. The number of amides is 1. The van der Waals surface area contributed by atoms with Gasteiger partial charge >= 0.3 is 0 Å². The van der Waals surface area contributed by atoms with E-state index in [1.165, 1.54) is 12.1 Å². The number of aromatic amines is 1. The molecule has 4 rings (SSSR count). The zero-order valence-corrected chi connectivity index (χ0v) is 14.5. The van der Waals surface area contributed by atoms with E-state index in [1.54, 1.807) is 31.4 Å². The summed E-state index contributed by atoms with van der Waals surface area (Å²) < 4.78 is 18.3. The summed E-state index contributed by atoms with van der Waals surface area (Å²) in [7, 11) is 1.60. The molecule has 1 heterocycles. The Morgan fingerprint density at radius 2 is 2.04 bits per heavy atom. The number of imidazole rings is 1.